The van der Waals surface area contributed by atoms with E-state index in [2.05, 4.69) is 76.5 Å². The summed E-state index contributed by atoms with van der Waals surface area (Å²) in [4.78, 5) is 2.63. The molecule has 4 rings (SSSR count). The normalized spacial score (nSPS) is 22.1. The Morgan fingerprint density at radius 3 is 1.55 bits per heavy atom. The van der Waals surface area contributed by atoms with Gasteiger partial charge in [-0.2, -0.15) is 0 Å². The van der Waals surface area contributed by atoms with Crippen LogP contribution in [0.4, 0.5) is 17.3 Å². The predicted molar refractivity (Wildman–Crippen MR) is 110 cm³/mol. The molecule has 2 nitrogen and oxygen atoms in total. The quantitative estimate of drug-likeness (QED) is 0.259. The summed E-state index contributed by atoms with van der Waals surface area (Å²) in [6, 6.07) is 23.1. The van der Waals surface area contributed by atoms with Crippen LogP contribution in [0.2, 0.25) is 0 Å². The second kappa shape index (κ2) is 9.94. The van der Waals surface area contributed by atoms with Crippen molar-refractivity contribution in [1.29, 1.82) is 0 Å². The van der Waals surface area contributed by atoms with Crippen LogP contribution in [0.15, 0.2) is 60.7 Å². The average molecular weight is 406 g/mol. The van der Waals surface area contributed by atoms with Gasteiger partial charge < -0.3 is 17.3 Å². The van der Waals surface area contributed by atoms with Crippen molar-refractivity contribution in [2.75, 3.05) is 13.1 Å². The number of halogens is 4. The molecule has 1 unspecified atom stereocenters. The van der Waals surface area contributed by atoms with E-state index < -0.39 is 7.25 Å². The summed E-state index contributed by atoms with van der Waals surface area (Å²) in [5.41, 5.74) is 2.90. The monoisotopic (exact) mass is 406 g/mol. The molecule has 2 atom stereocenters. The van der Waals surface area contributed by atoms with E-state index in [0.29, 0.717) is 12.1 Å². The third-order valence-electron chi connectivity index (χ3n) is 5.49. The smallest absolute Gasteiger partial charge is 0.418 e. The van der Waals surface area contributed by atoms with Crippen molar-refractivity contribution < 1.29 is 21.8 Å². The van der Waals surface area contributed by atoms with E-state index in [1.807, 2.05) is 0 Å². The van der Waals surface area contributed by atoms with Crippen LogP contribution in [0.5, 0.6) is 0 Å². The Hall–Kier alpha value is -2.31. The summed E-state index contributed by atoms with van der Waals surface area (Å²) >= 11 is 0. The molecule has 2 aromatic carbocycles. The van der Waals surface area contributed by atoms with Crippen molar-refractivity contribution in [3.8, 4) is 0 Å². The molecule has 0 radical (unpaired) electrons. The number of rotatable bonds is 3. The van der Waals surface area contributed by atoms with E-state index in [1.54, 1.807) is 0 Å². The van der Waals surface area contributed by atoms with Crippen molar-refractivity contribution in [3.63, 3.8) is 0 Å². The fourth-order valence-electron chi connectivity index (χ4n) is 4.24. The molecule has 0 aliphatic carbocycles. The minimum atomic E-state index is -6.00. The molecule has 2 aromatic rings. The molecule has 0 amide bonds. The molecule has 0 N–H and O–H groups in total. The van der Waals surface area contributed by atoms with E-state index in [1.165, 1.54) is 56.3 Å². The van der Waals surface area contributed by atoms with E-state index in [0.717, 1.165) is 0 Å². The van der Waals surface area contributed by atoms with Gasteiger partial charge in [0.2, 0.25) is 6.34 Å². The highest BCUT2D eigenvalue weighted by Gasteiger charge is 2.39. The van der Waals surface area contributed by atoms with Crippen molar-refractivity contribution >= 4 is 13.6 Å². The summed E-state index contributed by atoms with van der Waals surface area (Å²) in [7, 11) is -6.00. The lowest BCUT2D eigenvalue weighted by Crippen LogP contribution is -2.32. The zero-order chi connectivity index (χ0) is 20.7. The highest BCUT2D eigenvalue weighted by atomic mass is 19.5. The number of likely N-dealkylation sites (tertiary alicyclic amines) is 1. The Balaban J connectivity index is 0.000000431. The third kappa shape index (κ3) is 6.62. The van der Waals surface area contributed by atoms with E-state index in [-0.39, 0.29) is 0 Å². The zero-order valence-electron chi connectivity index (χ0n) is 16.4. The van der Waals surface area contributed by atoms with Crippen LogP contribution in [0.3, 0.4) is 0 Å². The van der Waals surface area contributed by atoms with E-state index in [9.17, 15) is 17.3 Å². The van der Waals surface area contributed by atoms with Gasteiger partial charge in [-0.25, -0.2) is 0 Å². The lowest BCUT2D eigenvalue weighted by molar-refractivity contribution is -0.537. The highest BCUT2D eigenvalue weighted by Crippen LogP contribution is 2.42. The second-order valence-corrected chi connectivity index (χ2v) is 7.58. The minimum absolute atomic E-state index is 0.498. The number of hydrogen-bond donors (Lipinski definition) is 0. The molecule has 7 heteroatoms. The van der Waals surface area contributed by atoms with Crippen LogP contribution in [-0.2, 0) is 0 Å². The maximum absolute atomic E-state index is 9.75. The molecule has 156 valence electrons. The Morgan fingerprint density at radius 2 is 1.14 bits per heavy atom. The molecule has 2 fully saturated rings. The van der Waals surface area contributed by atoms with Crippen LogP contribution in [0.1, 0.15) is 55.3 Å². The SMILES string of the molecule is C(N1C(c2ccccc2)CC[C@@H]1c1ccccc1)=[N+]1CCCCC1.F[B-](F)(F)F. The van der Waals surface area contributed by atoms with Gasteiger partial charge in [0, 0.05) is 0 Å². The standard InChI is InChI=1S/C22H27N2.BF4/c1-4-10-19(11-5-1)21-14-15-22(20-12-6-2-7-13-20)24(21)18-23-16-8-3-9-17-23;2-1(3,4)5/h1-2,4-7,10-13,18,21-22H,3,8-9,14-17H2;/q+1;-1/t21-,22?;/m1./s1. The van der Waals surface area contributed by atoms with Crippen LogP contribution in [-0.4, -0.2) is 36.2 Å². The Bertz CT molecular complexity index is 719. The van der Waals surface area contributed by atoms with Crippen LogP contribution >= 0.6 is 0 Å². The Morgan fingerprint density at radius 1 is 0.724 bits per heavy atom. The molecular weight excluding hydrogens is 379 g/mol. The van der Waals surface area contributed by atoms with Gasteiger partial charge in [0.25, 0.3) is 0 Å². The van der Waals surface area contributed by atoms with Crippen LogP contribution in [0.25, 0.3) is 0 Å². The van der Waals surface area contributed by atoms with Gasteiger partial charge >= 0.3 is 7.25 Å². The first kappa shape index (κ1) is 21.4. The topological polar surface area (TPSA) is 6.25 Å². The maximum Gasteiger partial charge on any atom is 0.673 e. The lowest BCUT2D eigenvalue weighted by atomic mass is 10.0. The fourth-order valence-corrected chi connectivity index (χ4v) is 4.24. The summed E-state index contributed by atoms with van der Waals surface area (Å²) in [5, 5.41) is 0. The van der Waals surface area contributed by atoms with Gasteiger partial charge in [0.1, 0.15) is 12.1 Å². The summed E-state index contributed by atoms with van der Waals surface area (Å²) < 4.78 is 41.5. The molecule has 2 aliphatic rings. The highest BCUT2D eigenvalue weighted by molar-refractivity contribution is 6.50. The van der Waals surface area contributed by atoms with E-state index >= 15 is 0 Å². The van der Waals surface area contributed by atoms with Crippen molar-refractivity contribution in [2.24, 2.45) is 0 Å². The average Bonchev–Trinajstić information content (AvgIpc) is 3.12. The van der Waals surface area contributed by atoms with Crippen LogP contribution in [0, 0.1) is 0 Å². The molecule has 2 saturated heterocycles. The fraction of sp³-hybridized carbons (Fsp3) is 0.409. The molecule has 0 aromatic heterocycles. The second-order valence-electron chi connectivity index (χ2n) is 7.58. The molecule has 0 spiro atoms. The van der Waals surface area contributed by atoms with Gasteiger partial charge in [-0.1, -0.05) is 60.7 Å². The predicted octanol–water partition coefficient (Wildman–Crippen LogP) is 6.09. The molecule has 2 heterocycles. The van der Waals surface area contributed by atoms with E-state index in [4.69, 9.17) is 0 Å². The first-order valence-electron chi connectivity index (χ1n) is 10.3. The summed E-state index contributed by atoms with van der Waals surface area (Å²) in [5.74, 6) is 0. The maximum atomic E-state index is 9.75. The van der Waals surface area contributed by atoms with Gasteiger partial charge in [-0.15, -0.1) is 0 Å². The third-order valence-corrected chi connectivity index (χ3v) is 5.49. The van der Waals surface area contributed by atoms with Crippen molar-refractivity contribution in [3.05, 3.63) is 71.8 Å². The van der Waals surface area contributed by atoms with Gasteiger partial charge in [-0.05, 0) is 43.2 Å². The van der Waals surface area contributed by atoms with Crippen LogP contribution < -0.4 is 0 Å². The lowest BCUT2D eigenvalue weighted by Gasteiger charge is -2.25. The summed E-state index contributed by atoms with van der Waals surface area (Å²) in [6.45, 7) is 2.42. The number of nitrogens with zero attached hydrogens (tertiary/aromatic N) is 2. The first-order valence-corrected chi connectivity index (χ1v) is 10.3. The molecule has 2 aliphatic heterocycles. The minimum Gasteiger partial charge on any atom is -0.418 e. The first-order chi connectivity index (χ1) is 13.9. The Kier molecular flexibility index (Phi) is 7.34. The van der Waals surface area contributed by atoms with Gasteiger partial charge in [0.15, 0.2) is 0 Å². The number of piperidine rings is 1. The number of hydrogen-bond acceptors (Lipinski definition) is 0. The molecular formula is C22H27BF4N2. The molecule has 0 bridgehead atoms. The zero-order valence-corrected chi connectivity index (χ0v) is 16.4. The van der Waals surface area contributed by atoms with Crippen molar-refractivity contribution in [1.82, 2.24) is 4.90 Å². The molecule has 0 saturated carbocycles. The van der Waals surface area contributed by atoms with Gasteiger partial charge in [0.05, 0.1) is 13.1 Å². The molecule has 29 heavy (non-hydrogen) atoms. The summed E-state index contributed by atoms with van der Waals surface area (Å²) in [6.07, 6.45) is 8.95. The largest absolute Gasteiger partial charge is 0.673 e. The van der Waals surface area contributed by atoms with Crippen molar-refractivity contribution in [2.45, 2.75) is 44.2 Å². The number of benzene rings is 2. The Labute approximate surface area is 170 Å². The van der Waals surface area contributed by atoms with Gasteiger partial charge in [-0.3, -0.25) is 9.48 Å².